The Labute approximate surface area is 116 Å². The monoisotopic (exact) mass is 274 g/mol. The van der Waals surface area contributed by atoms with Crippen LogP contribution < -0.4 is 10.9 Å². The number of hydrogen-bond donors (Lipinski definition) is 2. The van der Waals surface area contributed by atoms with Gasteiger partial charge >= 0.3 is 0 Å². The van der Waals surface area contributed by atoms with Crippen LogP contribution in [0.2, 0.25) is 0 Å². The maximum absolute atomic E-state index is 11.8. The molecule has 0 saturated carbocycles. The van der Waals surface area contributed by atoms with Crippen LogP contribution in [-0.4, -0.2) is 41.4 Å². The molecule has 6 nitrogen and oxygen atoms in total. The van der Waals surface area contributed by atoms with E-state index < -0.39 is 0 Å². The van der Waals surface area contributed by atoms with Gasteiger partial charge < -0.3 is 15.2 Å². The molecule has 0 radical (unpaired) electrons. The Balaban J connectivity index is 1.97. The van der Waals surface area contributed by atoms with Crippen LogP contribution in [0, 0.1) is 0 Å². The molecule has 0 atom stereocenters. The third-order valence-electron chi connectivity index (χ3n) is 2.97. The molecule has 2 aromatic rings. The second kappa shape index (κ2) is 6.29. The van der Waals surface area contributed by atoms with Crippen molar-refractivity contribution in [3.05, 3.63) is 40.4 Å². The minimum Gasteiger partial charge on any atom is -0.349 e. The zero-order chi connectivity index (χ0) is 14.5. The van der Waals surface area contributed by atoms with E-state index in [1.807, 2.05) is 18.2 Å². The Kier molecular flexibility index (Phi) is 4.47. The topological polar surface area (TPSA) is 78.1 Å². The highest BCUT2D eigenvalue weighted by atomic mass is 16.2. The molecule has 106 valence electrons. The minimum absolute atomic E-state index is 0.0671. The molecule has 0 spiro atoms. The summed E-state index contributed by atoms with van der Waals surface area (Å²) in [6, 6.07) is 7.21. The maximum atomic E-state index is 11.8. The number of nitrogens with one attached hydrogen (secondary N) is 2. The molecule has 0 fully saturated rings. The Morgan fingerprint density at radius 1 is 1.35 bits per heavy atom. The van der Waals surface area contributed by atoms with E-state index in [2.05, 4.69) is 15.3 Å². The number of rotatable bonds is 5. The lowest BCUT2D eigenvalue weighted by Gasteiger charge is -2.10. The molecule has 0 aliphatic carbocycles. The summed E-state index contributed by atoms with van der Waals surface area (Å²) in [6.07, 6.45) is 0.421. The minimum atomic E-state index is -0.142. The quantitative estimate of drug-likeness (QED) is 0.778. The number of carbonyl (C=O) groups is 1. The Hall–Kier alpha value is -2.21. The van der Waals surface area contributed by atoms with Crippen molar-refractivity contribution in [2.75, 3.05) is 20.6 Å². The van der Waals surface area contributed by atoms with Gasteiger partial charge in [0, 0.05) is 27.1 Å². The number of benzene rings is 1. The molecule has 2 N–H and O–H groups in total. The average molecular weight is 274 g/mol. The second-order valence-corrected chi connectivity index (χ2v) is 4.74. The number of fused-ring (bicyclic) bond motifs is 1. The Morgan fingerprint density at radius 3 is 2.85 bits per heavy atom. The predicted octanol–water partition coefficient (Wildman–Crippen LogP) is 0.491. The van der Waals surface area contributed by atoms with E-state index in [9.17, 15) is 9.59 Å². The number of para-hydroxylation sites is 1. The van der Waals surface area contributed by atoms with E-state index >= 15 is 0 Å². The van der Waals surface area contributed by atoms with Crippen LogP contribution in [0.5, 0.6) is 0 Å². The smallest absolute Gasteiger partial charge is 0.258 e. The fourth-order valence-electron chi connectivity index (χ4n) is 1.84. The molecule has 20 heavy (non-hydrogen) atoms. The van der Waals surface area contributed by atoms with Gasteiger partial charge in [0.05, 0.1) is 17.4 Å². The van der Waals surface area contributed by atoms with Gasteiger partial charge in [0.15, 0.2) is 0 Å². The van der Waals surface area contributed by atoms with Crippen molar-refractivity contribution in [1.82, 2.24) is 20.2 Å². The van der Waals surface area contributed by atoms with Gasteiger partial charge in [0.25, 0.3) is 5.56 Å². The molecular formula is C14H18N4O2. The first-order chi connectivity index (χ1) is 9.58. The van der Waals surface area contributed by atoms with Crippen molar-refractivity contribution in [2.45, 2.75) is 13.0 Å². The molecule has 0 aliphatic rings. The van der Waals surface area contributed by atoms with Crippen LogP contribution >= 0.6 is 0 Å². The number of H-pyrrole nitrogens is 1. The summed E-state index contributed by atoms with van der Waals surface area (Å²) in [5, 5.41) is 3.68. The maximum Gasteiger partial charge on any atom is 0.258 e. The van der Waals surface area contributed by atoms with E-state index in [0.29, 0.717) is 36.2 Å². The summed E-state index contributed by atoms with van der Waals surface area (Å²) in [4.78, 5) is 31.9. The highest BCUT2D eigenvalue weighted by Crippen LogP contribution is 2.05. The zero-order valence-electron chi connectivity index (χ0n) is 11.6. The lowest BCUT2D eigenvalue weighted by Crippen LogP contribution is -2.27. The van der Waals surface area contributed by atoms with Crippen LogP contribution in [-0.2, 0) is 11.3 Å². The van der Waals surface area contributed by atoms with Crippen LogP contribution in [0.4, 0.5) is 0 Å². The summed E-state index contributed by atoms with van der Waals surface area (Å²) < 4.78 is 0. The Morgan fingerprint density at radius 2 is 2.10 bits per heavy atom. The number of nitrogens with zero attached hydrogens (tertiary/aromatic N) is 2. The molecule has 0 saturated heterocycles. The van der Waals surface area contributed by atoms with Gasteiger partial charge in [0.1, 0.15) is 5.82 Å². The molecular weight excluding hydrogens is 256 g/mol. The van der Waals surface area contributed by atoms with Gasteiger partial charge in [-0.05, 0) is 12.1 Å². The summed E-state index contributed by atoms with van der Waals surface area (Å²) in [7, 11) is 3.45. The first-order valence-electron chi connectivity index (χ1n) is 6.47. The van der Waals surface area contributed by atoms with Crippen molar-refractivity contribution in [3.8, 4) is 0 Å². The van der Waals surface area contributed by atoms with Crippen molar-refractivity contribution in [3.63, 3.8) is 0 Å². The van der Waals surface area contributed by atoms with E-state index in [4.69, 9.17) is 0 Å². The van der Waals surface area contributed by atoms with Gasteiger partial charge in [-0.2, -0.15) is 0 Å². The van der Waals surface area contributed by atoms with Crippen LogP contribution in [0.1, 0.15) is 12.2 Å². The SMILES string of the molecule is CN(C)C(=O)CCNCc1nc2ccccc2c(=O)[nH]1. The molecule has 1 amide bonds. The van der Waals surface area contributed by atoms with Crippen LogP contribution in [0.15, 0.2) is 29.1 Å². The second-order valence-electron chi connectivity index (χ2n) is 4.74. The zero-order valence-corrected chi connectivity index (χ0v) is 11.6. The first kappa shape index (κ1) is 14.2. The van der Waals surface area contributed by atoms with Gasteiger partial charge in [-0.25, -0.2) is 4.98 Å². The molecule has 0 aliphatic heterocycles. The largest absolute Gasteiger partial charge is 0.349 e. The number of aromatic nitrogens is 2. The summed E-state index contributed by atoms with van der Waals surface area (Å²) >= 11 is 0. The predicted molar refractivity (Wildman–Crippen MR) is 77.4 cm³/mol. The number of amides is 1. The molecule has 0 bridgehead atoms. The first-order valence-corrected chi connectivity index (χ1v) is 6.47. The lowest BCUT2D eigenvalue weighted by molar-refractivity contribution is -0.128. The standard InChI is InChI=1S/C14H18N4O2/c1-18(2)13(19)7-8-15-9-12-16-11-6-4-3-5-10(11)14(20)17-12/h3-6,15H,7-9H2,1-2H3,(H,16,17,20). The normalized spacial score (nSPS) is 10.7. The van der Waals surface area contributed by atoms with E-state index in [1.165, 1.54) is 0 Å². The molecule has 6 heteroatoms. The summed E-state index contributed by atoms with van der Waals surface area (Å²) in [5.74, 6) is 0.642. The molecule has 1 aromatic heterocycles. The average Bonchev–Trinajstić information content (AvgIpc) is 2.43. The molecule has 1 heterocycles. The summed E-state index contributed by atoms with van der Waals surface area (Å²) in [5.41, 5.74) is 0.536. The highest BCUT2D eigenvalue weighted by molar-refractivity contribution is 5.77. The van der Waals surface area contributed by atoms with Crippen molar-refractivity contribution >= 4 is 16.8 Å². The van der Waals surface area contributed by atoms with Gasteiger partial charge in [-0.3, -0.25) is 9.59 Å². The van der Waals surface area contributed by atoms with Crippen molar-refractivity contribution < 1.29 is 4.79 Å². The third kappa shape index (κ3) is 3.42. The number of aromatic amines is 1. The lowest BCUT2D eigenvalue weighted by atomic mass is 10.2. The third-order valence-corrected chi connectivity index (χ3v) is 2.97. The van der Waals surface area contributed by atoms with E-state index in [1.54, 1.807) is 25.1 Å². The van der Waals surface area contributed by atoms with Crippen LogP contribution in [0.25, 0.3) is 10.9 Å². The van der Waals surface area contributed by atoms with Gasteiger partial charge in [-0.15, -0.1) is 0 Å². The van der Waals surface area contributed by atoms with Crippen molar-refractivity contribution in [2.24, 2.45) is 0 Å². The fourth-order valence-corrected chi connectivity index (χ4v) is 1.84. The highest BCUT2D eigenvalue weighted by Gasteiger charge is 2.05. The molecule has 0 unspecified atom stereocenters. The number of hydrogen-bond acceptors (Lipinski definition) is 4. The molecule has 1 aromatic carbocycles. The van der Waals surface area contributed by atoms with Crippen molar-refractivity contribution in [1.29, 1.82) is 0 Å². The van der Waals surface area contributed by atoms with Gasteiger partial charge in [-0.1, -0.05) is 12.1 Å². The summed E-state index contributed by atoms with van der Waals surface area (Å²) in [6.45, 7) is 0.980. The van der Waals surface area contributed by atoms with Gasteiger partial charge in [0.2, 0.25) is 5.91 Å². The fraction of sp³-hybridized carbons (Fsp3) is 0.357. The number of carbonyl (C=O) groups excluding carboxylic acids is 1. The van der Waals surface area contributed by atoms with E-state index in [-0.39, 0.29) is 11.5 Å². The Bertz CT molecular complexity index is 664. The molecule has 2 rings (SSSR count). The van der Waals surface area contributed by atoms with Crippen LogP contribution in [0.3, 0.4) is 0 Å². The van der Waals surface area contributed by atoms with E-state index in [0.717, 1.165) is 0 Å².